The summed E-state index contributed by atoms with van der Waals surface area (Å²) in [6.45, 7) is 12.5. The number of amides is 1. The lowest BCUT2D eigenvalue weighted by molar-refractivity contribution is 0.0299. The molecule has 1 aromatic heterocycles. The van der Waals surface area contributed by atoms with Gasteiger partial charge in [0.2, 0.25) is 5.95 Å². The largest absolute Gasteiger partial charge is 0.378 e. The molecule has 1 fully saturated rings. The third-order valence-corrected chi connectivity index (χ3v) is 4.96. The van der Waals surface area contributed by atoms with E-state index in [0.717, 1.165) is 30.0 Å². The number of hydrogen-bond donors (Lipinski definition) is 1. The molecule has 1 N–H and O–H groups in total. The van der Waals surface area contributed by atoms with Crippen LogP contribution >= 0.6 is 0 Å². The normalized spacial score (nSPS) is 14.1. The first-order valence-corrected chi connectivity index (χ1v) is 9.87. The fourth-order valence-corrected chi connectivity index (χ4v) is 3.36. The van der Waals surface area contributed by atoms with Crippen LogP contribution in [0.3, 0.4) is 0 Å². The summed E-state index contributed by atoms with van der Waals surface area (Å²) in [4.78, 5) is 25.8. The summed E-state index contributed by atoms with van der Waals surface area (Å²) in [5, 5.41) is 3.28. The van der Waals surface area contributed by atoms with Crippen LogP contribution in [-0.4, -0.2) is 60.2 Å². The van der Waals surface area contributed by atoms with Gasteiger partial charge in [0, 0.05) is 43.2 Å². The molecule has 0 radical (unpaired) electrons. The molecular weight excluding hydrogens is 354 g/mol. The highest BCUT2D eigenvalue weighted by molar-refractivity contribution is 5.92. The van der Waals surface area contributed by atoms with Gasteiger partial charge >= 0.3 is 0 Å². The van der Waals surface area contributed by atoms with E-state index in [2.05, 4.69) is 53.1 Å². The van der Waals surface area contributed by atoms with E-state index in [9.17, 15) is 4.79 Å². The minimum Gasteiger partial charge on any atom is -0.378 e. The highest BCUT2D eigenvalue weighted by Crippen LogP contribution is 2.25. The number of nitrogens with one attached hydrogen (secondary N) is 1. The molecule has 0 unspecified atom stereocenters. The van der Waals surface area contributed by atoms with Crippen LogP contribution in [0.15, 0.2) is 24.3 Å². The van der Waals surface area contributed by atoms with Gasteiger partial charge in [-0.05, 0) is 57.5 Å². The van der Waals surface area contributed by atoms with Crippen LogP contribution in [0.2, 0.25) is 0 Å². The SMILES string of the molecule is CCN(CC)c1ccc(Nc2nc(C)cc(C(=O)N3CCOCC3)n2)c(C)c1. The minimum atomic E-state index is -0.0783. The van der Waals surface area contributed by atoms with Crippen LogP contribution in [-0.2, 0) is 4.74 Å². The Morgan fingerprint density at radius 2 is 1.86 bits per heavy atom. The van der Waals surface area contributed by atoms with Gasteiger partial charge in [-0.1, -0.05) is 0 Å². The molecule has 2 heterocycles. The summed E-state index contributed by atoms with van der Waals surface area (Å²) in [6.07, 6.45) is 0. The van der Waals surface area contributed by atoms with E-state index in [4.69, 9.17) is 4.74 Å². The maximum Gasteiger partial charge on any atom is 0.272 e. The van der Waals surface area contributed by atoms with Gasteiger partial charge in [0.05, 0.1) is 13.2 Å². The molecule has 0 bridgehead atoms. The van der Waals surface area contributed by atoms with Crippen molar-refractivity contribution in [1.29, 1.82) is 0 Å². The molecular formula is C21H29N5O2. The van der Waals surface area contributed by atoms with Gasteiger partial charge in [-0.25, -0.2) is 9.97 Å². The Labute approximate surface area is 166 Å². The molecule has 1 aliphatic rings. The molecule has 28 heavy (non-hydrogen) atoms. The molecule has 1 aromatic carbocycles. The summed E-state index contributed by atoms with van der Waals surface area (Å²) < 4.78 is 5.33. The lowest BCUT2D eigenvalue weighted by Gasteiger charge is -2.26. The van der Waals surface area contributed by atoms with Gasteiger partial charge in [0.1, 0.15) is 5.69 Å². The van der Waals surface area contributed by atoms with Crippen molar-refractivity contribution >= 4 is 23.2 Å². The minimum absolute atomic E-state index is 0.0783. The number of aromatic nitrogens is 2. The van der Waals surface area contributed by atoms with Crippen LogP contribution in [0.25, 0.3) is 0 Å². The maximum atomic E-state index is 12.8. The number of anilines is 3. The van der Waals surface area contributed by atoms with Crippen molar-refractivity contribution in [3.05, 3.63) is 41.2 Å². The van der Waals surface area contributed by atoms with Gasteiger partial charge in [0.25, 0.3) is 5.91 Å². The number of rotatable bonds is 6. The number of hydrogen-bond acceptors (Lipinski definition) is 6. The predicted molar refractivity (Wildman–Crippen MR) is 112 cm³/mol. The fourth-order valence-electron chi connectivity index (χ4n) is 3.36. The molecule has 0 spiro atoms. The van der Waals surface area contributed by atoms with Crippen molar-refractivity contribution in [2.24, 2.45) is 0 Å². The standard InChI is InChI=1S/C21H29N5O2/c1-5-25(6-2)17-7-8-18(15(3)13-17)23-21-22-16(4)14-19(24-21)20(27)26-9-11-28-12-10-26/h7-8,13-14H,5-6,9-12H2,1-4H3,(H,22,23,24). The highest BCUT2D eigenvalue weighted by atomic mass is 16.5. The number of benzene rings is 1. The molecule has 3 rings (SSSR count). The molecule has 7 heteroatoms. The number of carbonyl (C=O) groups is 1. The van der Waals surface area contributed by atoms with Gasteiger partial charge < -0.3 is 19.9 Å². The number of carbonyl (C=O) groups excluding carboxylic acids is 1. The van der Waals surface area contributed by atoms with Crippen LogP contribution in [0.4, 0.5) is 17.3 Å². The average molecular weight is 383 g/mol. The third kappa shape index (κ3) is 4.59. The Morgan fingerprint density at radius 3 is 2.50 bits per heavy atom. The Morgan fingerprint density at radius 1 is 1.14 bits per heavy atom. The number of ether oxygens (including phenoxy) is 1. The first-order valence-electron chi connectivity index (χ1n) is 9.87. The van der Waals surface area contributed by atoms with Crippen LogP contribution in [0, 0.1) is 13.8 Å². The van der Waals surface area contributed by atoms with Crippen LogP contribution in [0.5, 0.6) is 0 Å². The lowest BCUT2D eigenvalue weighted by atomic mass is 10.1. The van der Waals surface area contributed by atoms with Gasteiger partial charge in [-0.3, -0.25) is 4.79 Å². The highest BCUT2D eigenvalue weighted by Gasteiger charge is 2.21. The fraction of sp³-hybridized carbons (Fsp3) is 0.476. The van der Waals surface area contributed by atoms with Crippen LogP contribution < -0.4 is 10.2 Å². The molecule has 0 aliphatic carbocycles. The van der Waals surface area contributed by atoms with Crippen molar-refractivity contribution in [2.45, 2.75) is 27.7 Å². The Balaban J connectivity index is 1.81. The zero-order valence-electron chi connectivity index (χ0n) is 17.2. The Bertz CT molecular complexity index is 830. The molecule has 1 aliphatic heterocycles. The summed E-state index contributed by atoms with van der Waals surface area (Å²) in [6, 6.07) is 8.03. The van der Waals surface area contributed by atoms with E-state index in [1.165, 1.54) is 5.69 Å². The van der Waals surface area contributed by atoms with Crippen molar-refractivity contribution < 1.29 is 9.53 Å². The molecule has 0 saturated carbocycles. The quantitative estimate of drug-likeness (QED) is 0.826. The summed E-state index contributed by atoms with van der Waals surface area (Å²) in [5.74, 6) is 0.362. The van der Waals surface area contributed by atoms with Crippen molar-refractivity contribution in [3.63, 3.8) is 0 Å². The van der Waals surface area contributed by atoms with E-state index in [1.807, 2.05) is 13.0 Å². The number of aryl methyl sites for hydroxylation is 2. The second kappa shape index (κ2) is 9.01. The zero-order chi connectivity index (χ0) is 20.1. The monoisotopic (exact) mass is 383 g/mol. The van der Waals surface area contributed by atoms with E-state index >= 15 is 0 Å². The molecule has 0 atom stereocenters. The van der Waals surface area contributed by atoms with E-state index in [1.54, 1.807) is 11.0 Å². The molecule has 2 aromatic rings. The second-order valence-corrected chi connectivity index (χ2v) is 6.92. The first kappa shape index (κ1) is 20.1. The summed E-state index contributed by atoms with van der Waals surface area (Å²) in [5.41, 5.74) is 4.41. The van der Waals surface area contributed by atoms with Gasteiger partial charge in [-0.2, -0.15) is 0 Å². The van der Waals surface area contributed by atoms with E-state index in [0.29, 0.717) is 37.9 Å². The molecule has 1 saturated heterocycles. The second-order valence-electron chi connectivity index (χ2n) is 6.92. The van der Waals surface area contributed by atoms with E-state index in [-0.39, 0.29) is 5.91 Å². The Kier molecular flexibility index (Phi) is 6.46. The smallest absolute Gasteiger partial charge is 0.272 e. The van der Waals surface area contributed by atoms with Crippen molar-refractivity contribution in [3.8, 4) is 0 Å². The Hall–Kier alpha value is -2.67. The first-order chi connectivity index (χ1) is 13.5. The number of nitrogens with zero attached hydrogens (tertiary/aromatic N) is 4. The lowest BCUT2D eigenvalue weighted by Crippen LogP contribution is -2.41. The summed E-state index contributed by atoms with van der Waals surface area (Å²) >= 11 is 0. The number of morpholine rings is 1. The summed E-state index contributed by atoms with van der Waals surface area (Å²) in [7, 11) is 0. The van der Waals surface area contributed by atoms with Crippen LogP contribution in [0.1, 0.15) is 35.6 Å². The third-order valence-electron chi connectivity index (χ3n) is 4.96. The molecule has 150 valence electrons. The van der Waals surface area contributed by atoms with E-state index < -0.39 is 0 Å². The molecule has 7 nitrogen and oxygen atoms in total. The molecule has 1 amide bonds. The maximum absolute atomic E-state index is 12.8. The van der Waals surface area contributed by atoms with Crippen molar-refractivity contribution in [1.82, 2.24) is 14.9 Å². The van der Waals surface area contributed by atoms with Crippen molar-refractivity contribution in [2.75, 3.05) is 49.6 Å². The topological polar surface area (TPSA) is 70.6 Å². The predicted octanol–water partition coefficient (Wildman–Crippen LogP) is 3.16. The van der Waals surface area contributed by atoms with Gasteiger partial charge in [0.15, 0.2) is 0 Å². The van der Waals surface area contributed by atoms with Gasteiger partial charge in [-0.15, -0.1) is 0 Å². The average Bonchev–Trinajstić information content (AvgIpc) is 2.70. The zero-order valence-corrected chi connectivity index (χ0v) is 17.2.